The number of rotatable bonds is 2. The van der Waals surface area contributed by atoms with E-state index >= 15 is 0 Å². The first kappa shape index (κ1) is 8.37. The third kappa shape index (κ3) is 1.85. The lowest BCUT2D eigenvalue weighted by atomic mass is 10.3. The van der Waals surface area contributed by atoms with Gasteiger partial charge in [-0.25, -0.2) is 0 Å². The van der Waals surface area contributed by atoms with Gasteiger partial charge >= 0.3 is 0 Å². The van der Waals surface area contributed by atoms with E-state index < -0.39 is 0 Å². The minimum absolute atomic E-state index is 0.692. The molecule has 1 rings (SSSR count). The van der Waals surface area contributed by atoms with Crippen LogP contribution in [0.5, 0.6) is 0 Å². The van der Waals surface area contributed by atoms with E-state index in [0.717, 1.165) is 5.69 Å². The van der Waals surface area contributed by atoms with Crippen LogP contribution in [-0.4, -0.2) is 14.2 Å². The fourth-order valence-electron chi connectivity index (χ4n) is 0.805. The SMILES string of the molecule is CON(C)c1ccccc1Cl. The van der Waals surface area contributed by atoms with Gasteiger partial charge in [0.1, 0.15) is 0 Å². The molecule has 0 spiro atoms. The lowest BCUT2D eigenvalue weighted by Crippen LogP contribution is -2.14. The third-order valence-electron chi connectivity index (χ3n) is 1.47. The molecule has 0 aliphatic heterocycles. The molecule has 60 valence electrons. The predicted molar refractivity (Wildman–Crippen MR) is 46.9 cm³/mol. The van der Waals surface area contributed by atoms with Crippen LogP contribution < -0.4 is 5.06 Å². The summed E-state index contributed by atoms with van der Waals surface area (Å²) < 4.78 is 0. The van der Waals surface area contributed by atoms with E-state index in [2.05, 4.69) is 0 Å². The van der Waals surface area contributed by atoms with Crippen molar-refractivity contribution < 1.29 is 4.84 Å². The molecule has 3 heteroatoms. The van der Waals surface area contributed by atoms with Crippen LogP contribution in [0.25, 0.3) is 0 Å². The zero-order chi connectivity index (χ0) is 8.27. The number of para-hydroxylation sites is 1. The maximum absolute atomic E-state index is 5.88. The van der Waals surface area contributed by atoms with Crippen molar-refractivity contribution in [1.82, 2.24) is 0 Å². The number of nitrogens with zero attached hydrogens (tertiary/aromatic N) is 1. The molecule has 11 heavy (non-hydrogen) atoms. The molecule has 1 aromatic carbocycles. The van der Waals surface area contributed by atoms with Crippen LogP contribution in [0, 0.1) is 0 Å². The van der Waals surface area contributed by atoms with Crippen molar-refractivity contribution in [2.75, 3.05) is 19.2 Å². The van der Waals surface area contributed by atoms with E-state index in [0.29, 0.717) is 5.02 Å². The average Bonchev–Trinajstić information content (AvgIpc) is 2.04. The van der Waals surface area contributed by atoms with Gasteiger partial charge in [0.15, 0.2) is 0 Å². The molecule has 0 atom stereocenters. The lowest BCUT2D eigenvalue weighted by molar-refractivity contribution is 0.185. The molecule has 1 aromatic rings. The van der Waals surface area contributed by atoms with E-state index in [-0.39, 0.29) is 0 Å². The second-order valence-electron chi connectivity index (χ2n) is 2.13. The standard InChI is InChI=1S/C8H10ClNO/c1-10(11-2)8-6-4-3-5-7(8)9/h3-6H,1-2H3. The number of hydrogen-bond acceptors (Lipinski definition) is 2. The quantitative estimate of drug-likeness (QED) is 0.634. The van der Waals surface area contributed by atoms with Crippen LogP contribution in [-0.2, 0) is 4.84 Å². The normalized spacial score (nSPS) is 9.73. The summed E-state index contributed by atoms with van der Waals surface area (Å²) in [4.78, 5) is 4.97. The van der Waals surface area contributed by atoms with E-state index in [1.54, 1.807) is 19.2 Å². The molecule has 0 N–H and O–H groups in total. The molecule has 0 aliphatic carbocycles. The van der Waals surface area contributed by atoms with Crippen molar-refractivity contribution in [2.24, 2.45) is 0 Å². The molecule has 0 heterocycles. The molecular formula is C8H10ClNO. The molecule has 0 saturated heterocycles. The highest BCUT2D eigenvalue weighted by Crippen LogP contribution is 2.23. The van der Waals surface area contributed by atoms with Gasteiger partial charge in [-0.1, -0.05) is 23.7 Å². The van der Waals surface area contributed by atoms with Crippen LogP contribution in [0.2, 0.25) is 5.02 Å². The monoisotopic (exact) mass is 171 g/mol. The Morgan fingerprint density at radius 3 is 2.55 bits per heavy atom. The maximum atomic E-state index is 5.88. The van der Waals surface area contributed by atoms with Crippen molar-refractivity contribution >= 4 is 17.3 Å². The summed E-state index contributed by atoms with van der Waals surface area (Å²) >= 11 is 5.88. The smallest absolute Gasteiger partial charge is 0.0819 e. The van der Waals surface area contributed by atoms with Crippen LogP contribution >= 0.6 is 11.6 Å². The van der Waals surface area contributed by atoms with E-state index in [4.69, 9.17) is 16.4 Å². The van der Waals surface area contributed by atoms with Gasteiger partial charge in [-0.05, 0) is 12.1 Å². The molecule has 0 saturated carbocycles. The average molecular weight is 172 g/mol. The number of anilines is 1. The zero-order valence-electron chi connectivity index (χ0n) is 6.54. The molecule has 0 radical (unpaired) electrons. The number of hydroxylamine groups is 1. The number of benzene rings is 1. The summed E-state index contributed by atoms with van der Waals surface area (Å²) in [6.07, 6.45) is 0. The highest BCUT2D eigenvalue weighted by Gasteiger charge is 2.01. The molecule has 0 fully saturated rings. The second kappa shape index (κ2) is 3.60. The minimum atomic E-state index is 0.692. The van der Waals surface area contributed by atoms with Gasteiger partial charge in [-0.3, -0.25) is 9.90 Å². The largest absolute Gasteiger partial charge is 0.277 e. The van der Waals surface area contributed by atoms with E-state index in [9.17, 15) is 0 Å². The van der Waals surface area contributed by atoms with Crippen molar-refractivity contribution in [2.45, 2.75) is 0 Å². The maximum Gasteiger partial charge on any atom is 0.0819 e. The van der Waals surface area contributed by atoms with Gasteiger partial charge in [0.05, 0.1) is 17.8 Å². The Bertz CT molecular complexity index is 239. The van der Waals surface area contributed by atoms with Crippen LogP contribution in [0.3, 0.4) is 0 Å². The Balaban J connectivity index is 2.93. The van der Waals surface area contributed by atoms with Crippen molar-refractivity contribution in [1.29, 1.82) is 0 Å². The van der Waals surface area contributed by atoms with Crippen LogP contribution in [0.15, 0.2) is 24.3 Å². The molecule has 0 amide bonds. The fourth-order valence-corrected chi connectivity index (χ4v) is 1.06. The predicted octanol–water partition coefficient (Wildman–Crippen LogP) is 2.34. The fraction of sp³-hybridized carbons (Fsp3) is 0.250. The molecule has 0 aromatic heterocycles. The Kier molecular flexibility index (Phi) is 2.74. The second-order valence-corrected chi connectivity index (χ2v) is 2.54. The van der Waals surface area contributed by atoms with Crippen molar-refractivity contribution in [3.63, 3.8) is 0 Å². The van der Waals surface area contributed by atoms with Gasteiger partial charge in [0.25, 0.3) is 0 Å². The zero-order valence-corrected chi connectivity index (χ0v) is 7.30. The molecular weight excluding hydrogens is 162 g/mol. The van der Waals surface area contributed by atoms with E-state index in [1.807, 2.05) is 24.3 Å². The molecule has 2 nitrogen and oxygen atoms in total. The first-order valence-electron chi connectivity index (χ1n) is 3.28. The summed E-state index contributed by atoms with van der Waals surface area (Å²) in [6.45, 7) is 0. The van der Waals surface area contributed by atoms with Crippen LogP contribution in [0.4, 0.5) is 5.69 Å². The highest BCUT2D eigenvalue weighted by molar-refractivity contribution is 6.33. The van der Waals surface area contributed by atoms with Gasteiger partial charge in [0.2, 0.25) is 0 Å². The molecule has 0 unspecified atom stereocenters. The van der Waals surface area contributed by atoms with Crippen molar-refractivity contribution in [3.8, 4) is 0 Å². The van der Waals surface area contributed by atoms with Crippen molar-refractivity contribution in [3.05, 3.63) is 29.3 Å². The third-order valence-corrected chi connectivity index (χ3v) is 1.79. The Hall–Kier alpha value is -0.730. The summed E-state index contributed by atoms with van der Waals surface area (Å²) in [7, 11) is 3.41. The van der Waals surface area contributed by atoms with Gasteiger partial charge in [-0.15, -0.1) is 0 Å². The highest BCUT2D eigenvalue weighted by atomic mass is 35.5. The first-order chi connectivity index (χ1) is 5.25. The Morgan fingerprint density at radius 1 is 1.36 bits per heavy atom. The van der Waals surface area contributed by atoms with Gasteiger partial charge < -0.3 is 0 Å². The number of hydrogen-bond donors (Lipinski definition) is 0. The van der Waals surface area contributed by atoms with E-state index in [1.165, 1.54) is 0 Å². The Morgan fingerprint density at radius 2 is 2.00 bits per heavy atom. The number of halogens is 1. The topological polar surface area (TPSA) is 12.5 Å². The summed E-state index contributed by atoms with van der Waals surface area (Å²) in [5.41, 5.74) is 0.872. The lowest BCUT2D eigenvalue weighted by Gasteiger charge is -2.16. The minimum Gasteiger partial charge on any atom is -0.277 e. The summed E-state index contributed by atoms with van der Waals surface area (Å²) in [5, 5.41) is 2.30. The summed E-state index contributed by atoms with van der Waals surface area (Å²) in [6, 6.07) is 7.52. The summed E-state index contributed by atoms with van der Waals surface area (Å²) in [5.74, 6) is 0. The molecule has 0 bridgehead atoms. The van der Waals surface area contributed by atoms with Gasteiger partial charge in [0, 0.05) is 7.05 Å². The molecule has 0 aliphatic rings. The first-order valence-corrected chi connectivity index (χ1v) is 3.66. The van der Waals surface area contributed by atoms with Crippen LogP contribution in [0.1, 0.15) is 0 Å². The Labute approximate surface area is 71.3 Å². The van der Waals surface area contributed by atoms with Gasteiger partial charge in [-0.2, -0.15) is 0 Å².